The molecule has 0 saturated carbocycles. The van der Waals surface area contributed by atoms with Crippen molar-refractivity contribution in [2.24, 2.45) is 5.84 Å². The van der Waals surface area contributed by atoms with E-state index in [2.05, 4.69) is 174 Å². The third-order valence-corrected chi connectivity index (χ3v) is 20.9. The molecule has 1 saturated heterocycles. The van der Waals surface area contributed by atoms with Crippen LogP contribution in [0.3, 0.4) is 0 Å². The number of furan rings is 2. The number of hydrazine groups is 1. The number of anilines is 3. The van der Waals surface area contributed by atoms with Gasteiger partial charge in [0.25, 0.3) is 0 Å². The van der Waals surface area contributed by atoms with Gasteiger partial charge in [0.15, 0.2) is 0 Å². The molecule has 3 atom stereocenters. The monoisotopic (exact) mass is 842 g/mol. The van der Waals surface area contributed by atoms with Crippen LogP contribution in [0.1, 0.15) is 16.7 Å². The SMILES string of the molecule is C=C1/C=C\C=C/N(c2ccc3oc4ccccc4c3c2)c2ccc(C3=CC4C5C(C(Cc6ccccc6)NN)=CC=CS45(C)(C)C=C3)cc21.Nc1ccc2c(c1)oc1ccccc12. The third-order valence-electron chi connectivity index (χ3n) is 14.0. The number of nitrogens with zero attached hydrogens (tertiary/aromatic N) is 1. The van der Waals surface area contributed by atoms with Crippen molar-refractivity contribution in [3.63, 3.8) is 0 Å². The van der Waals surface area contributed by atoms with Crippen molar-refractivity contribution in [1.29, 1.82) is 0 Å². The number of para-hydroxylation sites is 2. The molecule has 7 heteroatoms. The molecular formula is C56H50N4O2S. The summed E-state index contributed by atoms with van der Waals surface area (Å²) in [4.78, 5) is 2.26. The second-order valence-electron chi connectivity index (χ2n) is 18.3. The molecule has 312 valence electrons. The van der Waals surface area contributed by atoms with E-state index in [9.17, 15) is 0 Å². The largest absolute Gasteiger partial charge is 0.456 e. The molecule has 6 nitrogen and oxygen atoms in total. The van der Waals surface area contributed by atoms with Crippen molar-refractivity contribution in [1.82, 2.24) is 5.43 Å². The van der Waals surface area contributed by atoms with Gasteiger partial charge >= 0.3 is 0 Å². The minimum absolute atomic E-state index is 0.0745. The van der Waals surface area contributed by atoms with Crippen LogP contribution in [0.25, 0.3) is 55.0 Å². The maximum absolute atomic E-state index is 6.26. The molecule has 4 aliphatic rings. The van der Waals surface area contributed by atoms with E-state index in [-0.39, 0.29) is 6.04 Å². The Hall–Kier alpha value is -7.03. The molecule has 3 unspecified atom stereocenters. The van der Waals surface area contributed by atoms with Crippen molar-refractivity contribution in [3.05, 3.63) is 222 Å². The van der Waals surface area contributed by atoms with Crippen molar-refractivity contribution in [3.8, 4) is 0 Å². The van der Waals surface area contributed by atoms with Crippen LogP contribution in [0.4, 0.5) is 17.1 Å². The Kier molecular flexibility index (Phi) is 8.63. The normalized spacial score (nSPS) is 22.3. The molecule has 0 bridgehead atoms. The molecule has 63 heavy (non-hydrogen) atoms. The predicted octanol–water partition coefficient (Wildman–Crippen LogP) is 13.3. The van der Waals surface area contributed by atoms with Gasteiger partial charge in [0.1, 0.15) is 22.3 Å². The summed E-state index contributed by atoms with van der Waals surface area (Å²) in [5.41, 5.74) is 22.6. The van der Waals surface area contributed by atoms with Crippen LogP contribution in [-0.4, -0.2) is 29.1 Å². The number of allylic oxidation sites excluding steroid dienone is 8. The first-order valence-electron chi connectivity index (χ1n) is 21.4. The van der Waals surface area contributed by atoms with Crippen LogP contribution >= 0.6 is 8.29 Å². The van der Waals surface area contributed by atoms with Crippen LogP contribution in [0.2, 0.25) is 0 Å². The van der Waals surface area contributed by atoms with E-state index in [1.807, 2.05) is 48.5 Å². The molecule has 6 aromatic carbocycles. The van der Waals surface area contributed by atoms with Gasteiger partial charge in [0, 0.05) is 67.3 Å². The lowest BCUT2D eigenvalue weighted by Crippen LogP contribution is -2.41. The maximum atomic E-state index is 6.26. The molecule has 0 amide bonds. The van der Waals surface area contributed by atoms with E-state index in [4.69, 9.17) is 20.4 Å². The zero-order valence-electron chi connectivity index (χ0n) is 35.4. The fourth-order valence-electron chi connectivity index (χ4n) is 10.4. The molecular weight excluding hydrogens is 793 g/mol. The summed E-state index contributed by atoms with van der Waals surface area (Å²) >= 11 is 0. The quantitative estimate of drug-likeness (QED) is 0.0668. The number of hydrogen-bond donors (Lipinski definition) is 3. The number of benzene rings is 6. The van der Waals surface area contributed by atoms with Gasteiger partial charge in [-0.25, -0.2) is 8.29 Å². The molecule has 4 aliphatic heterocycles. The summed E-state index contributed by atoms with van der Waals surface area (Å²) in [6, 6.07) is 45.9. The van der Waals surface area contributed by atoms with E-state index in [0.717, 1.165) is 78.5 Å². The van der Waals surface area contributed by atoms with Crippen LogP contribution < -0.4 is 21.9 Å². The number of nitrogens with two attached hydrogens (primary N) is 2. The fourth-order valence-corrected chi connectivity index (χ4v) is 17.3. The Morgan fingerprint density at radius 3 is 2.21 bits per heavy atom. The van der Waals surface area contributed by atoms with Gasteiger partial charge in [-0.05, 0) is 107 Å². The minimum Gasteiger partial charge on any atom is -0.456 e. The van der Waals surface area contributed by atoms with Crippen molar-refractivity contribution in [2.45, 2.75) is 23.0 Å². The average molecular weight is 843 g/mol. The van der Waals surface area contributed by atoms with Crippen molar-refractivity contribution in [2.75, 3.05) is 23.1 Å². The summed E-state index contributed by atoms with van der Waals surface area (Å²) < 4.78 is 11.8. The molecule has 0 radical (unpaired) electrons. The first-order valence-corrected chi connectivity index (χ1v) is 25.0. The smallest absolute Gasteiger partial charge is 0.137 e. The summed E-state index contributed by atoms with van der Waals surface area (Å²) in [7, 11) is -2.68. The summed E-state index contributed by atoms with van der Waals surface area (Å²) in [5, 5.41) is 10.4. The third kappa shape index (κ3) is 6.18. The van der Waals surface area contributed by atoms with Gasteiger partial charge in [-0.3, -0.25) is 11.3 Å². The lowest BCUT2D eigenvalue weighted by atomic mass is 9.93. The van der Waals surface area contributed by atoms with E-state index in [0.29, 0.717) is 10.5 Å². The highest BCUT2D eigenvalue weighted by atomic mass is 32.4. The molecule has 1 spiro atoms. The molecule has 12 rings (SSSR count). The Balaban J connectivity index is 0.000000268. The van der Waals surface area contributed by atoms with Gasteiger partial charge in [-0.1, -0.05) is 127 Å². The Morgan fingerprint density at radius 1 is 0.698 bits per heavy atom. The van der Waals surface area contributed by atoms with Crippen LogP contribution in [-0.2, 0) is 6.42 Å². The minimum atomic E-state index is -2.68. The second kappa shape index (κ2) is 14.0. The first kappa shape index (κ1) is 38.9. The van der Waals surface area contributed by atoms with E-state index >= 15 is 0 Å². The first-order chi connectivity index (χ1) is 30.5. The molecule has 5 N–H and O–H groups in total. The highest BCUT2D eigenvalue weighted by molar-refractivity contribution is 8.73. The highest BCUT2D eigenvalue weighted by Gasteiger charge is 2.79. The molecule has 6 heterocycles. The number of fused-ring (bicyclic) bond motifs is 8. The van der Waals surface area contributed by atoms with Gasteiger partial charge < -0.3 is 19.5 Å². The maximum Gasteiger partial charge on any atom is 0.137 e. The summed E-state index contributed by atoms with van der Waals surface area (Å²) in [5.74, 6) is 6.26. The Morgan fingerprint density at radius 2 is 1.41 bits per heavy atom. The number of hydrogen-bond acceptors (Lipinski definition) is 6. The zero-order chi connectivity index (χ0) is 43.0. The van der Waals surface area contributed by atoms with Gasteiger partial charge in [0.05, 0.1) is 5.69 Å². The molecule has 0 aliphatic carbocycles. The van der Waals surface area contributed by atoms with Crippen LogP contribution in [0.15, 0.2) is 214 Å². The van der Waals surface area contributed by atoms with E-state index in [1.165, 1.54) is 22.3 Å². The van der Waals surface area contributed by atoms with Crippen LogP contribution in [0.5, 0.6) is 0 Å². The topological polar surface area (TPSA) is 93.6 Å². The fraction of sp³-hybridized carbons (Fsp3) is 0.107. The summed E-state index contributed by atoms with van der Waals surface area (Å²) in [6.45, 7) is 4.50. The Labute approximate surface area is 366 Å². The zero-order valence-corrected chi connectivity index (χ0v) is 36.3. The van der Waals surface area contributed by atoms with Gasteiger partial charge in [-0.15, -0.1) is 0 Å². The predicted molar refractivity (Wildman–Crippen MR) is 270 cm³/mol. The number of rotatable bonds is 6. The second-order valence-corrected chi connectivity index (χ2v) is 26.1. The Bertz CT molecular complexity index is 3400. The average Bonchev–Trinajstić information content (AvgIpc) is 3.49. The van der Waals surface area contributed by atoms with Gasteiger partial charge in [-0.2, -0.15) is 0 Å². The number of nitrogens with one attached hydrogen (secondary N) is 1. The number of nitrogen functional groups attached to an aromatic ring is 1. The van der Waals surface area contributed by atoms with Gasteiger partial charge in [0.2, 0.25) is 0 Å². The molecule has 1 fully saturated rings. The lowest BCUT2D eigenvalue weighted by molar-refractivity contribution is 0.581. The molecule has 2 aromatic heterocycles. The van der Waals surface area contributed by atoms with Crippen molar-refractivity contribution >= 4 is 80.4 Å². The lowest BCUT2D eigenvalue weighted by Gasteiger charge is -2.58. The van der Waals surface area contributed by atoms with E-state index < -0.39 is 8.29 Å². The van der Waals surface area contributed by atoms with E-state index in [1.54, 1.807) is 0 Å². The van der Waals surface area contributed by atoms with Crippen LogP contribution in [0, 0.1) is 0 Å². The van der Waals surface area contributed by atoms with Crippen molar-refractivity contribution < 1.29 is 8.83 Å². The standard InChI is InChI=1S/C44H41N3OS.C12H9NO/c1-30-12-9-10-23-47(34-19-21-42-38(29-34)35-15-7-8-17-41(35)48-42)40-20-18-32(27-37(30)40)33-22-25-49(2,3)24-11-16-36(44(49)43(49)28-33)39(46-45)26-31-13-5-4-6-14-31;13-8-5-6-10-9-3-1-2-4-11(9)14-12(10)7-8/h4-25,27-29,39,43-44,46H,1,26,45H2,2-3H3;1-7H,13H2/b12-9-,23-10-;. The summed E-state index contributed by atoms with van der Waals surface area (Å²) in [6.07, 6.45) is 23.8. The molecule has 8 aromatic rings. The highest BCUT2D eigenvalue weighted by Crippen LogP contribution is 3.08.